The van der Waals surface area contributed by atoms with E-state index in [0.29, 0.717) is 20.6 Å². The number of thiazole rings is 1. The molecular formula is C14H14N4O3S2. The Morgan fingerprint density at radius 2 is 2.00 bits per heavy atom. The smallest absolute Gasteiger partial charge is 0.350 e. The van der Waals surface area contributed by atoms with E-state index in [-0.39, 0.29) is 5.91 Å². The van der Waals surface area contributed by atoms with E-state index >= 15 is 0 Å². The van der Waals surface area contributed by atoms with Crippen molar-refractivity contribution in [2.75, 3.05) is 12.4 Å². The molecule has 0 spiro atoms. The maximum absolute atomic E-state index is 12.4. The lowest BCUT2D eigenvalue weighted by atomic mass is 10.3. The minimum absolute atomic E-state index is 0.254. The first kappa shape index (κ1) is 15.6. The molecule has 0 radical (unpaired) electrons. The molecule has 3 aromatic heterocycles. The Balaban J connectivity index is 1.86. The van der Waals surface area contributed by atoms with Gasteiger partial charge < -0.3 is 4.74 Å². The summed E-state index contributed by atoms with van der Waals surface area (Å²) in [6.07, 6.45) is 0. The van der Waals surface area contributed by atoms with E-state index in [0.717, 1.165) is 27.2 Å². The molecule has 0 unspecified atom stereocenters. The number of esters is 1. The summed E-state index contributed by atoms with van der Waals surface area (Å²) in [6.45, 7) is 3.61. The van der Waals surface area contributed by atoms with Gasteiger partial charge >= 0.3 is 5.97 Å². The first-order valence-corrected chi connectivity index (χ1v) is 8.34. The fourth-order valence-corrected chi connectivity index (χ4v) is 4.11. The highest BCUT2D eigenvalue weighted by atomic mass is 32.1. The number of rotatable bonds is 3. The van der Waals surface area contributed by atoms with Crippen LogP contribution in [0.1, 0.15) is 30.7 Å². The maximum atomic E-state index is 12.4. The average Bonchev–Trinajstić information content (AvgIpc) is 3.16. The molecule has 0 aliphatic heterocycles. The van der Waals surface area contributed by atoms with Crippen LogP contribution in [0.3, 0.4) is 0 Å². The van der Waals surface area contributed by atoms with Gasteiger partial charge in [0.15, 0.2) is 5.13 Å². The van der Waals surface area contributed by atoms with Gasteiger partial charge in [-0.3, -0.25) is 14.8 Å². The minimum atomic E-state index is -0.455. The van der Waals surface area contributed by atoms with E-state index < -0.39 is 5.97 Å². The highest BCUT2D eigenvalue weighted by molar-refractivity contribution is 7.21. The number of aromatic nitrogens is 3. The highest BCUT2D eigenvalue weighted by Gasteiger charge is 2.19. The Bertz CT molecular complexity index is 888. The number of aryl methyl sites for hydroxylation is 3. The predicted octanol–water partition coefficient (Wildman–Crippen LogP) is 2.75. The third-order valence-electron chi connectivity index (χ3n) is 3.31. The number of ether oxygens (including phenoxy) is 1. The third-order valence-corrected chi connectivity index (χ3v) is 5.56. The van der Waals surface area contributed by atoms with Crippen molar-refractivity contribution >= 4 is 49.9 Å². The zero-order valence-electron chi connectivity index (χ0n) is 13.0. The van der Waals surface area contributed by atoms with Gasteiger partial charge in [0.25, 0.3) is 5.91 Å². The molecule has 0 atom stereocenters. The lowest BCUT2D eigenvalue weighted by molar-refractivity contribution is 0.0605. The van der Waals surface area contributed by atoms with Crippen molar-refractivity contribution in [1.29, 1.82) is 0 Å². The fraction of sp³-hybridized carbons (Fsp3) is 0.286. The second-order valence-corrected chi connectivity index (χ2v) is 6.95. The lowest BCUT2D eigenvalue weighted by Gasteiger charge is -1.97. The van der Waals surface area contributed by atoms with E-state index in [9.17, 15) is 9.59 Å². The summed E-state index contributed by atoms with van der Waals surface area (Å²) in [5, 5.41) is 8.38. The molecular weight excluding hydrogens is 336 g/mol. The van der Waals surface area contributed by atoms with Gasteiger partial charge in [-0.25, -0.2) is 9.78 Å². The predicted molar refractivity (Wildman–Crippen MR) is 89.5 cm³/mol. The molecule has 120 valence electrons. The summed E-state index contributed by atoms with van der Waals surface area (Å²) in [5.41, 5.74) is 1.42. The molecule has 0 aromatic carbocycles. The Morgan fingerprint density at radius 1 is 1.26 bits per heavy atom. The molecule has 3 aromatic rings. The largest absolute Gasteiger partial charge is 0.465 e. The Hall–Kier alpha value is -2.26. The van der Waals surface area contributed by atoms with E-state index in [1.807, 2.05) is 20.0 Å². The van der Waals surface area contributed by atoms with Gasteiger partial charge in [0.2, 0.25) is 0 Å². The number of amides is 1. The number of hydrogen-bond acceptors (Lipinski definition) is 7. The minimum Gasteiger partial charge on any atom is -0.465 e. The van der Waals surface area contributed by atoms with Crippen LogP contribution >= 0.6 is 22.7 Å². The number of nitrogens with one attached hydrogen (secondary N) is 1. The van der Waals surface area contributed by atoms with Gasteiger partial charge in [0.1, 0.15) is 9.71 Å². The van der Waals surface area contributed by atoms with Gasteiger partial charge in [-0.15, -0.1) is 11.3 Å². The Labute approximate surface area is 139 Å². The van der Waals surface area contributed by atoms with E-state index in [1.165, 1.54) is 18.4 Å². The molecule has 3 heterocycles. The van der Waals surface area contributed by atoms with Gasteiger partial charge in [-0.2, -0.15) is 5.10 Å². The molecule has 9 heteroatoms. The highest BCUT2D eigenvalue weighted by Crippen LogP contribution is 2.29. The van der Waals surface area contributed by atoms with Crippen LogP contribution in [-0.4, -0.2) is 33.8 Å². The van der Waals surface area contributed by atoms with Crippen LogP contribution in [-0.2, 0) is 11.8 Å². The first-order chi connectivity index (χ1) is 10.9. The summed E-state index contributed by atoms with van der Waals surface area (Å²) in [6, 6.07) is 1.82. The standard InChI is InChI=1S/C14H14N4O3S2/c1-6-8-5-9(22-12(8)18(3)17-6)11(19)16-14-15-7(2)10(23-14)13(20)21-4/h5H,1-4H3,(H,15,16,19). The number of methoxy groups -OCH3 is 1. The fourth-order valence-electron chi connectivity index (χ4n) is 2.21. The van der Waals surface area contributed by atoms with Gasteiger partial charge in [0, 0.05) is 12.4 Å². The zero-order chi connectivity index (χ0) is 16.7. The molecule has 0 saturated carbocycles. The number of carbonyl (C=O) groups is 2. The number of thiophene rings is 1. The molecule has 7 nitrogen and oxygen atoms in total. The zero-order valence-corrected chi connectivity index (χ0v) is 14.6. The van der Waals surface area contributed by atoms with Crippen molar-refractivity contribution in [3.05, 3.63) is 27.2 Å². The molecule has 1 amide bonds. The Morgan fingerprint density at radius 3 is 2.65 bits per heavy atom. The molecule has 1 N–H and O–H groups in total. The van der Waals surface area contributed by atoms with Crippen molar-refractivity contribution < 1.29 is 14.3 Å². The quantitative estimate of drug-likeness (QED) is 0.734. The number of nitrogens with zero attached hydrogens (tertiary/aromatic N) is 3. The van der Waals surface area contributed by atoms with Crippen molar-refractivity contribution in [3.63, 3.8) is 0 Å². The van der Waals surface area contributed by atoms with Crippen molar-refractivity contribution in [1.82, 2.24) is 14.8 Å². The van der Waals surface area contributed by atoms with Gasteiger partial charge in [-0.1, -0.05) is 11.3 Å². The van der Waals surface area contributed by atoms with Crippen LogP contribution in [0.25, 0.3) is 10.2 Å². The Kier molecular flexibility index (Phi) is 3.90. The molecule has 0 fully saturated rings. The molecule has 0 aliphatic carbocycles. The second kappa shape index (κ2) is 5.74. The van der Waals surface area contributed by atoms with Crippen LogP contribution in [0.15, 0.2) is 6.07 Å². The van der Waals surface area contributed by atoms with Crippen molar-refractivity contribution in [3.8, 4) is 0 Å². The average molecular weight is 350 g/mol. The van der Waals surface area contributed by atoms with Crippen LogP contribution < -0.4 is 5.32 Å². The van der Waals surface area contributed by atoms with E-state index in [4.69, 9.17) is 0 Å². The summed E-state index contributed by atoms with van der Waals surface area (Å²) in [7, 11) is 3.16. The van der Waals surface area contributed by atoms with Crippen LogP contribution in [0.2, 0.25) is 0 Å². The topological polar surface area (TPSA) is 86.1 Å². The first-order valence-electron chi connectivity index (χ1n) is 6.71. The lowest BCUT2D eigenvalue weighted by Crippen LogP contribution is -2.09. The van der Waals surface area contributed by atoms with Gasteiger partial charge in [0.05, 0.1) is 23.4 Å². The van der Waals surface area contributed by atoms with E-state index in [2.05, 4.69) is 20.1 Å². The summed E-state index contributed by atoms with van der Waals surface area (Å²) in [4.78, 5) is 30.1. The summed E-state index contributed by atoms with van der Waals surface area (Å²) < 4.78 is 6.45. The molecule has 0 bridgehead atoms. The summed E-state index contributed by atoms with van der Waals surface area (Å²) >= 11 is 2.47. The number of fused-ring (bicyclic) bond motifs is 1. The van der Waals surface area contributed by atoms with Crippen LogP contribution in [0.4, 0.5) is 5.13 Å². The van der Waals surface area contributed by atoms with Crippen LogP contribution in [0, 0.1) is 13.8 Å². The molecule has 23 heavy (non-hydrogen) atoms. The molecule has 0 saturated heterocycles. The van der Waals surface area contributed by atoms with Crippen LogP contribution in [0.5, 0.6) is 0 Å². The SMILES string of the molecule is COC(=O)c1sc(NC(=O)c2cc3c(C)nn(C)c3s2)nc1C. The van der Waals surface area contributed by atoms with Crippen molar-refractivity contribution in [2.24, 2.45) is 7.05 Å². The normalized spacial score (nSPS) is 11.0. The van der Waals surface area contributed by atoms with E-state index in [1.54, 1.807) is 11.6 Å². The van der Waals surface area contributed by atoms with Crippen molar-refractivity contribution in [2.45, 2.75) is 13.8 Å². The maximum Gasteiger partial charge on any atom is 0.350 e. The second-order valence-electron chi connectivity index (χ2n) is 4.92. The molecule has 0 aliphatic rings. The number of anilines is 1. The number of hydrogen-bond donors (Lipinski definition) is 1. The summed E-state index contributed by atoms with van der Waals surface area (Å²) in [5.74, 6) is -0.708. The molecule has 3 rings (SSSR count). The van der Waals surface area contributed by atoms with Gasteiger partial charge in [-0.05, 0) is 19.9 Å². The number of carbonyl (C=O) groups excluding carboxylic acids is 2. The monoisotopic (exact) mass is 350 g/mol. The third kappa shape index (κ3) is 2.73.